The van der Waals surface area contributed by atoms with Crippen LogP contribution in [0.3, 0.4) is 0 Å². The molecule has 1 fully saturated rings. The molecule has 2 aromatic carbocycles. The molecule has 0 aliphatic carbocycles. The lowest BCUT2D eigenvalue weighted by atomic mass is 9.94. The lowest BCUT2D eigenvalue weighted by Crippen LogP contribution is -2.53. The van der Waals surface area contributed by atoms with Gasteiger partial charge in [0.25, 0.3) is 5.56 Å². The lowest BCUT2D eigenvalue weighted by molar-refractivity contribution is 0.150. The molecule has 0 unspecified atom stereocenters. The molecule has 0 radical (unpaired) electrons. The Kier molecular flexibility index (Phi) is 6.67. The topological polar surface area (TPSA) is 65.2 Å². The summed E-state index contributed by atoms with van der Waals surface area (Å²) in [7, 11) is 1.63. The van der Waals surface area contributed by atoms with Crippen LogP contribution in [0.15, 0.2) is 65.5 Å². The number of hydrogen-bond acceptors (Lipinski definition) is 5. The average molecular weight is 520 g/mol. The molecule has 0 amide bonds. The summed E-state index contributed by atoms with van der Waals surface area (Å²) in [5.41, 5.74) is 3.30. The van der Waals surface area contributed by atoms with Crippen molar-refractivity contribution in [1.82, 2.24) is 14.5 Å². The molecule has 2 aromatic heterocycles. The van der Waals surface area contributed by atoms with Crippen LogP contribution in [0, 0.1) is 23.0 Å². The highest BCUT2D eigenvalue weighted by Gasteiger charge is 2.33. The van der Waals surface area contributed by atoms with E-state index in [9.17, 15) is 18.8 Å². The van der Waals surface area contributed by atoms with Gasteiger partial charge in [0, 0.05) is 32.7 Å². The van der Waals surface area contributed by atoms with E-state index < -0.39 is 0 Å². The highest BCUT2D eigenvalue weighted by molar-refractivity contribution is 6.34. The van der Waals surface area contributed by atoms with Gasteiger partial charge in [-0.2, -0.15) is 5.26 Å². The second kappa shape index (κ2) is 9.92. The predicted molar refractivity (Wildman–Crippen MR) is 140 cm³/mol. The van der Waals surface area contributed by atoms with Crippen LogP contribution in [0.4, 0.5) is 14.5 Å². The fourth-order valence-electron chi connectivity index (χ4n) is 5.13. The molecule has 1 atom stereocenters. The van der Waals surface area contributed by atoms with Crippen molar-refractivity contribution in [2.24, 2.45) is 7.05 Å². The minimum atomic E-state index is -0.332. The molecule has 0 bridgehead atoms. The van der Waals surface area contributed by atoms with E-state index >= 15 is 0 Å². The molecule has 4 aromatic rings. The molecule has 0 saturated carbocycles. The number of pyridine rings is 2. The SMILES string of the molecule is C[C@@H]1CN(c2c(Cl)c(=O)n(C)c3ccc(C#N)nc23)CCN1C(c1ccc(F)cc1)c1ccc(F)cc1. The summed E-state index contributed by atoms with van der Waals surface area (Å²) >= 11 is 6.59. The summed E-state index contributed by atoms with van der Waals surface area (Å²) in [5, 5.41) is 9.46. The molecule has 1 aliphatic heterocycles. The van der Waals surface area contributed by atoms with Crippen LogP contribution in [0.25, 0.3) is 11.0 Å². The van der Waals surface area contributed by atoms with Crippen molar-refractivity contribution >= 4 is 28.3 Å². The number of nitrogens with zero attached hydrogens (tertiary/aromatic N) is 5. The number of piperazine rings is 1. The van der Waals surface area contributed by atoms with Gasteiger partial charge in [-0.3, -0.25) is 9.69 Å². The van der Waals surface area contributed by atoms with E-state index in [2.05, 4.69) is 22.9 Å². The van der Waals surface area contributed by atoms with E-state index in [1.165, 1.54) is 28.8 Å². The van der Waals surface area contributed by atoms with Crippen molar-refractivity contribution in [3.05, 3.63) is 104 Å². The maximum absolute atomic E-state index is 13.7. The number of halogens is 3. The first-order valence-corrected chi connectivity index (χ1v) is 12.3. The molecular formula is C28H24ClF2N5O. The molecule has 6 nitrogen and oxygen atoms in total. The molecule has 5 rings (SSSR count). The van der Waals surface area contributed by atoms with Gasteiger partial charge in [0.2, 0.25) is 0 Å². The first-order valence-electron chi connectivity index (χ1n) is 11.9. The van der Waals surface area contributed by atoms with E-state index in [0.29, 0.717) is 36.4 Å². The van der Waals surface area contributed by atoms with Crippen LogP contribution in [0.5, 0.6) is 0 Å². The Bertz CT molecular complexity index is 1520. The van der Waals surface area contributed by atoms with Gasteiger partial charge in [-0.05, 0) is 54.4 Å². The molecule has 1 saturated heterocycles. The Balaban J connectivity index is 1.54. The van der Waals surface area contributed by atoms with Gasteiger partial charge in [0.15, 0.2) is 0 Å². The molecule has 1 aliphatic rings. The molecule has 0 spiro atoms. The minimum Gasteiger partial charge on any atom is -0.366 e. The molecule has 9 heteroatoms. The summed E-state index contributed by atoms with van der Waals surface area (Å²) in [4.78, 5) is 21.7. The average Bonchev–Trinajstić information content (AvgIpc) is 2.90. The van der Waals surface area contributed by atoms with Gasteiger partial charge >= 0.3 is 0 Å². The molecule has 188 valence electrons. The van der Waals surface area contributed by atoms with Gasteiger partial charge in [-0.1, -0.05) is 35.9 Å². The van der Waals surface area contributed by atoms with Gasteiger partial charge in [-0.15, -0.1) is 0 Å². The zero-order valence-electron chi connectivity index (χ0n) is 20.3. The maximum Gasteiger partial charge on any atom is 0.271 e. The second-order valence-corrected chi connectivity index (χ2v) is 9.62. The van der Waals surface area contributed by atoms with Crippen LogP contribution >= 0.6 is 11.6 Å². The monoisotopic (exact) mass is 519 g/mol. The van der Waals surface area contributed by atoms with E-state index in [4.69, 9.17) is 11.6 Å². The third kappa shape index (κ3) is 4.57. The Morgan fingerprint density at radius 3 is 2.14 bits per heavy atom. The minimum absolute atomic E-state index is 0.0248. The summed E-state index contributed by atoms with van der Waals surface area (Å²) in [6.45, 7) is 3.71. The van der Waals surface area contributed by atoms with Crippen molar-refractivity contribution in [3.63, 3.8) is 0 Å². The smallest absolute Gasteiger partial charge is 0.271 e. The molecule has 0 N–H and O–H groups in total. The number of aryl methyl sites for hydroxylation is 1. The molecule has 3 heterocycles. The summed E-state index contributed by atoms with van der Waals surface area (Å²) < 4.78 is 28.9. The Hall–Kier alpha value is -3.80. The van der Waals surface area contributed by atoms with Crippen LogP contribution in [0.1, 0.15) is 29.8 Å². The van der Waals surface area contributed by atoms with E-state index in [1.807, 2.05) is 4.90 Å². The summed E-state index contributed by atoms with van der Waals surface area (Å²) in [6.07, 6.45) is 0. The van der Waals surface area contributed by atoms with Crippen molar-refractivity contribution in [3.8, 4) is 6.07 Å². The predicted octanol–water partition coefficient (Wildman–Crippen LogP) is 5.04. The number of rotatable bonds is 4. The maximum atomic E-state index is 13.7. The van der Waals surface area contributed by atoms with Crippen LogP contribution in [-0.4, -0.2) is 40.1 Å². The van der Waals surface area contributed by atoms with Crippen LogP contribution in [0.2, 0.25) is 5.02 Å². The number of aromatic nitrogens is 2. The Morgan fingerprint density at radius 2 is 1.59 bits per heavy atom. The normalized spacial score (nSPS) is 16.4. The number of fused-ring (bicyclic) bond motifs is 1. The van der Waals surface area contributed by atoms with Crippen LogP contribution < -0.4 is 10.5 Å². The number of nitriles is 1. The third-order valence-corrected chi connectivity index (χ3v) is 7.31. The van der Waals surface area contributed by atoms with Crippen LogP contribution in [-0.2, 0) is 7.05 Å². The van der Waals surface area contributed by atoms with Crippen molar-refractivity contribution < 1.29 is 8.78 Å². The lowest BCUT2D eigenvalue weighted by Gasteiger charge is -2.45. The van der Waals surface area contributed by atoms with Crippen molar-refractivity contribution in [2.45, 2.75) is 19.0 Å². The van der Waals surface area contributed by atoms with Crippen molar-refractivity contribution in [1.29, 1.82) is 5.26 Å². The van der Waals surface area contributed by atoms with E-state index in [-0.39, 0.29) is 40.0 Å². The summed E-state index contributed by atoms with van der Waals surface area (Å²) in [5.74, 6) is -0.646. The highest BCUT2D eigenvalue weighted by atomic mass is 35.5. The van der Waals surface area contributed by atoms with Gasteiger partial charge < -0.3 is 9.47 Å². The fraction of sp³-hybridized carbons (Fsp3) is 0.250. The van der Waals surface area contributed by atoms with E-state index in [0.717, 1.165) is 11.1 Å². The van der Waals surface area contributed by atoms with Crippen molar-refractivity contribution in [2.75, 3.05) is 24.5 Å². The number of anilines is 1. The van der Waals surface area contributed by atoms with Gasteiger partial charge in [0.1, 0.15) is 33.9 Å². The second-order valence-electron chi connectivity index (χ2n) is 9.24. The standard InChI is InChI=1S/C28H24ClF2N5O/c1-17-16-35(27-24(29)28(37)34(2)23-12-11-22(15-32)33-25(23)27)13-14-36(17)26(18-3-7-20(30)8-4-18)19-5-9-21(31)10-6-19/h3-12,17,26H,13-14,16H2,1-2H3/t17-/m1/s1. The largest absolute Gasteiger partial charge is 0.366 e. The van der Waals surface area contributed by atoms with E-state index in [1.54, 1.807) is 43.4 Å². The quantitative estimate of drug-likeness (QED) is 0.378. The zero-order valence-corrected chi connectivity index (χ0v) is 21.1. The number of hydrogen-bond donors (Lipinski definition) is 0. The first kappa shape index (κ1) is 24.9. The van der Waals surface area contributed by atoms with Gasteiger partial charge in [-0.25, -0.2) is 13.8 Å². The molecular weight excluding hydrogens is 496 g/mol. The number of benzene rings is 2. The Morgan fingerprint density at radius 1 is 1.00 bits per heavy atom. The third-order valence-electron chi connectivity index (χ3n) is 6.97. The fourth-order valence-corrected chi connectivity index (χ4v) is 5.47. The highest BCUT2D eigenvalue weighted by Crippen LogP contribution is 2.36. The first-order chi connectivity index (χ1) is 17.8. The Labute approximate surface area is 217 Å². The zero-order chi connectivity index (χ0) is 26.3. The van der Waals surface area contributed by atoms with Gasteiger partial charge in [0.05, 0.1) is 17.2 Å². The molecule has 37 heavy (non-hydrogen) atoms. The summed E-state index contributed by atoms with van der Waals surface area (Å²) in [6, 6.07) is 17.8.